The minimum absolute atomic E-state index is 0.0129. The van der Waals surface area contributed by atoms with E-state index >= 15 is 0 Å². The van der Waals surface area contributed by atoms with Crippen molar-refractivity contribution >= 4 is 17.4 Å². The van der Waals surface area contributed by atoms with Gasteiger partial charge in [-0.15, -0.1) is 0 Å². The zero-order chi connectivity index (χ0) is 17.4. The molecule has 1 aliphatic carbocycles. The average Bonchev–Trinajstić information content (AvgIpc) is 2.85. The maximum Gasteiger partial charge on any atom is 0.422 e. The molecule has 1 aromatic carbocycles. The van der Waals surface area contributed by atoms with Gasteiger partial charge in [0.15, 0.2) is 6.61 Å². The number of hydrogen-bond acceptors (Lipinski definition) is 3. The number of ketones is 1. The van der Waals surface area contributed by atoms with Gasteiger partial charge in [-0.3, -0.25) is 9.59 Å². The monoisotopic (exact) mass is 341 g/mol. The van der Waals surface area contributed by atoms with E-state index in [1.165, 1.54) is 12.1 Å². The number of rotatable bonds is 3. The minimum Gasteiger partial charge on any atom is -0.484 e. The zero-order valence-electron chi connectivity index (χ0n) is 13.1. The van der Waals surface area contributed by atoms with E-state index in [1.54, 1.807) is 17.0 Å². The van der Waals surface area contributed by atoms with E-state index in [4.69, 9.17) is 0 Å². The second-order valence-electron chi connectivity index (χ2n) is 6.42. The van der Waals surface area contributed by atoms with Crippen molar-refractivity contribution in [2.45, 2.75) is 38.3 Å². The first-order valence-electron chi connectivity index (χ1n) is 7.92. The first-order chi connectivity index (χ1) is 11.3. The molecule has 7 heteroatoms. The Kier molecular flexibility index (Phi) is 4.27. The second-order valence-corrected chi connectivity index (χ2v) is 6.42. The molecular weight excluding hydrogens is 323 g/mol. The van der Waals surface area contributed by atoms with Gasteiger partial charge in [0.25, 0.3) is 0 Å². The molecule has 0 atom stereocenters. The molecule has 2 aliphatic rings. The van der Waals surface area contributed by atoms with Gasteiger partial charge >= 0.3 is 6.18 Å². The summed E-state index contributed by atoms with van der Waals surface area (Å²) in [6.07, 6.45) is -1.59. The predicted octanol–water partition coefficient (Wildman–Crippen LogP) is 3.49. The summed E-state index contributed by atoms with van der Waals surface area (Å²) >= 11 is 0. The van der Waals surface area contributed by atoms with Crippen molar-refractivity contribution in [3.05, 3.63) is 24.3 Å². The molecule has 1 saturated carbocycles. The third-order valence-electron chi connectivity index (χ3n) is 4.83. The molecule has 1 spiro atoms. The van der Waals surface area contributed by atoms with Gasteiger partial charge in [0.1, 0.15) is 11.5 Å². The molecule has 0 N–H and O–H groups in total. The summed E-state index contributed by atoms with van der Waals surface area (Å²) in [5.41, 5.74) is 0.201. The average molecular weight is 341 g/mol. The van der Waals surface area contributed by atoms with Crippen LogP contribution < -0.4 is 9.64 Å². The van der Waals surface area contributed by atoms with Crippen LogP contribution in [0.15, 0.2) is 24.3 Å². The van der Waals surface area contributed by atoms with Crippen molar-refractivity contribution in [2.24, 2.45) is 5.41 Å². The van der Waals surface area contributed by atoms with Crippen LogP contribution in [0.4, 0.5) is 18.9 Å². The third-order valence-corrected chi connectivity index (χ3v) is 4.83. The number of Topliss-reactive ketones (excluding diaryl/α,β-unsaturated/α-hetero) is 1. The fraction of sp³-hybridized carbons (Fsp3) is 0.529. The lowest BCUT2D eigenvalue weighted by molar-refractivity contribution is -0.153. The Morgan fingerprint density at radius 3 is 2.25 bits per heavy atom. The number of ether oxygens (including phenoxy) is 1. The van der Waals surface area contributed by atoms with Crippen LogP contribution in [0.5, 0.6) is 5.75 Å². The Labute approximate surface area is 137 Å². The summed E-state index contributed by atoms with van der Waals surface area (Å²) in [5.74, 6) is 0.331. The van der Waals surface area contributed by atoms with Crippen LogP contribution in [-0.4, -0.2) is 31.0 Å². The van der Waals surface area contributed by atoms with Gasteiger partial charge < -0.3 is 9.64 Å². The normalized spacial score (nSPS) is 20.7. The highest BCUT2D eigenvalue weighted by molar-refractivity contribution is 6.01. The molecule has 4 nitrogen and oxygen atoms in total. The van der Waals surface area contributed by atoms with E-state index in [9.17, 15) is 22.8 Å². The molecule has 1 aromatic rings. The van der Waals surface area contributed by atoms with E-state index in [-0.39, 0.29) is 17.4 Å². The quantitative estimate of drug-likeness (QED) is 0.845. The van der Waals surface area contributed by atoms with Crippen molar-refractivity contribution in [1.82, 2.24) is 0 Å². The first kappa shape index (κ1) is 16.8. The molecule has 1 amide bonds. The van der Waals surface area contributed by atoms with E-state index in [0.29, 0.717) is 44.3 Å². The molecule has 0 unspecified atom stereocenters. The smallest absolute Gasteiger partial charge is 0.422 e. The topological polar surface area (TPSA) is 46.6 Å². The van der Waals surface area contributed by atoms with Crippen LogP contribution in [0.3, 0.4) is 0 Å². The van der Waals surface area contributed by atoms with Crippen molar-refractivity contribution in [3.63, 3.8) is 0 Å². The van der Waals surface area contributed by atoms with Gasteiger partial charge in [0.2, 0.25) is 5.91 Å². The highest BCUT2D eigenvalue weighted by Crippen LogP contribution is 2.45. The van der Waals surface area contributed by atoms with Crippen LogP contribution in [0, 0.1) is 5.41 Å². The fourth-order valence-electron chi connectivity index (χ4n) is 3.43. The van der Waals surface area contributed by atoms with Crippen LogP contribution in [0.25, 0.3) is 0 Å². The molecule has 0 bridgehead atoms. The largest absolute Gasteiger partial charge is 0.484 e. The molecule has 3 rings (SSSR count). The lowest BCUT2D eigenvalue weighted by atomic mass is 9.72. The van der Waals surface area contributed by atoms with Crippen LogP contribution in [0.2, 0.25) is 0 Å². The van der Waals surface area contributed by atoms with Crippen molar-refractivity contribution in [2.75, 3.05) is 18.1 Å². The van der Waals surface area contributed by atoms with Crippen LogP contribution in [-0.2, 0) is 9.59 Å². The maximum absolute atomic E-state index is 12.8. The summed E-state index contributed by atoms with van der Waals surface area (Å²) in [4.78, 5) is 25.8. The number of carbonyl (C=O) groups is 2. The van der Waals surface area contributed by atoms with Crippen LogP contribution in [0.1, 0.15) is 32.1 Å². The molecule has 1 saturated heterocycles. The molecule has 24 heavy (non-hydrogen) atoms. The Morgan fingerprint density at radius 2 is 1.67 bits per heavy atom. The Morgan fingerprint density at radius 1 is 1.04 bits per heavy atom. The summed E-state index contributed by atoms with van der Waals surface area (Å²) in [6, 6.07) is 6.06. The fourth-order valence-corrected chi connectivity index (χ4v) is 3.43. The third kappa shape index (κ3) is 3.39. The summed E-state index contributed by atoms with van der Waals surface area (Å²) < 4.78 is 41.1. The lowest BCUT2D eigenvalue weighted by Gasteiger charge is -2.30. The summed E-state index contributed by atoms with van der Waals surface area (Å²) in [7, 11) is 0. The van der Waals surface area contributed by atoms with E-state index < -0.39 is 18.2 Å². The predicted molar refractivity (Wildman–Crippen MR) is 80.9 cm³/mol. The van der Waals surface area contributed by atoms with Crippen molar-refractivity contribution in [3.8, 4) is 5.75 Å². The SMILES string of the molecule is O=C1CCC2(CC1)CCN(c1ccc(OCC(F)(F)F)cc1)C2=O. The Bertz CT molecular complexity index is 629. The van der Waals surface area contributed by atoms with Gasteiger partial charge in [-0.2, -0.15) is 13.2 Å². The molecule has 130 valence electrons. The van der Waals surface area contributed by atoms with Crippen molar-refractivity contribution in [1.29, 1.82) is 0 Å². The van der Waals surface area contributed by atoms with Gasteiger partial charge in [-0.25, -0.2) is 0 Å². The molecule has 2 fully saturated rings. The van der Waals surface area contributed by atoms with Gasteiger partial charge in [0.05, 0.1) is 5.41 Å². The number of amides is 1. The molecular formula is C17H18F3NO3. The van der Waals surface area contributed by atoms with Crippen molar-refractivity contribution < 1.29 is 27.5 Å². The molecule has 1 aliphatic heterocycles. The van der Waals surface area contributed by atoms with E-state index in [0.717, 1.165) is 0 Å². The Balaban J connectivity index is 1.67. The number of halogens is 3. The minimum atomic E-state index is -4.38. The zero-order valence-corrected chi connectivity index (χ0v) is 13.1. The Hall–Kier alpha value is -2.05. The number of carbonyl (C=O) groups excluding carboxylic acids is 2. The number of benzene rings is 1. The molecule has 0 aromatic heterocycles. The lowest BCUT2D eigenvalue weighted by Crippen LogP contribution is -2.37. The van der Waals surface area contributed by atoms with Crippen LogP contribution >= 0.6 is 0 Å². The first-order valence-corrected chi connectivity index (χ1v) is 7.92. The number of anilines is 1. The highest BCUT2D eigenvalue weighted by Gasteiger charge is 2.48. The maximum atomic E-state index is 12.8. The number of nitrogens with zero attached hydrogens (tertiary/aromatic N) is 1. The summed E-state index contributed by atoms with van der Waals surface area (Å²) in [6.45, 7) is -0.776. The van der Waals surface area contributed by atoms with E-state index in [2.05, 4.69) is 4.74 Å². The molecule has 1 heterocycles. The van der Waals surface area contributed by atoms with Gasteiger partial charge in [0, 0.05) is 25.1 Å². The standard InChI is InChI=1S/C17H18F3NO3/c18-17(19,20)11-24-14-3-1-12(2-4-14)21-10-9-16(15(21)23)7-5-13(22)6-8-16/h1-4H,5-11H2. The van der Waals surface area contributed by atoms with Gasteiger partial charge in [-0.05, 0) is 43.5 Å². The summed E-state index contributed by atoms with van der Waals surface area (Å²) in [5, 5.41) is 0. The number of hydrogen-bond donors (Lipinski definition) is 0. The second kappa shape index (κ2) is 6.11. The highest BCUT2D eigenvalue weighted by atomic mass is 19.4. The van der Waals surface area contributed by atoms with Gasteiger partial charge in [-0.1, -0.05) is 0 Å². The number of alkyl halides is 3. The molecule has 0 radical (unpaired) electrons. The van der Waals surface area contributed by atoms with E-state index in [1.807, 2.05) is 0 Å².